The summed E-state index contributed by atoms with van der Waals surface area (Å²) in [6.07, 6.45) is 0.197. The molecule has 0 aliphatic carbocycles. The number of methoxy groups -OCH3 is 1. The van der Waals surface area contributed by atoms with E-state index in [1.165, 1.54) is 7.11 Å². The summed E-state index contributed by atoms with van der Waals surface area (Å²) >= 11 is 0. The summed E-state index contributed by atoms with van der Waals surface area (Å²) in [6.45, 7) is 2.08. The van der Waals surface area contributed by atoms with Crippen LogP contribution in [0.15, 0.2) is 18.2 Å². The molecule has 1 aromatic carbocycles. The van der Waals surface area contributed by atoms with Crippen molar-refractivity contribution in [1.29, 1.82) is 0 Å². The van der Waals surface area contributed by atoms with E-state index in [9.17, 15) is 9.59 Å². The molecule has 0 fully saturated rings. The highest BCUT2D eigenvalue weighted by molar-refractivity contribution is 5.95. The van der Waals surface area contributed by atoms with Crippen molar-refractivity contribution in [1.82, 2.24) is 0 Å². The number of carbonyl (C=O) groups is 2. The van der Waals surface area contributed by atoms with Gasteiger partial charge in [-0.2, -0.15) is 0 Å². The first kappa shape index (κ1) is 14.2. The lowest BCUT2D eigenvalue weighted by Gasteiger charge is -2.13. The number of carbonyl (C=O) groups excluding carboxylic acids is 2. The molecule has 0 amide bonds. The van der Waals surface area contributed by atoms with Crippen LogP contribution in [0.3, 0.4) is 0 Å². The van der Waals surface area contributed by atoms with Crippen LogP contribution in [0.25, 0.3) is 0 Å². The van der Waals surface area contributed by atoms with Gasteiger partial charge in [0.15, 0.2) is 17.4 Å². The molecule has 1 unspecified atom stereocenters. The van der Waals surface area contributed by atoms with Crippen molar-refractivity contribution in [2.24, 2.45) is 5.92 Å². The molecule has 0 N–H and O–H groups in total. The van der Waals surface area contributed by atoms with Crippen molar-refractivity contribution in [3.63, 3.8) is 0 Å². The standard InChI is InChI=1S/C14H16O6/c1-3-18-14(16)10(13(15)17-2)6-9-4-5-11-12(7-9)20-8-19-11/h4-5,7,10H,3,6,8H2,1-2H3. The van der Waals surface area contributed by atoms with Gasteiger partial charge in [0.2, 0.25) is 6.79 Å². The molecule has 6 nitrogen and oxygen atoms in total. The average Bonchev–Trinajstić information content (AvgIpc) is 2.91. The zero-order valence-corrected chi connectivity index (χ0v) is 11.4. The van der Waals surface area contributed by atoms with Gasteiger partial charge in [-0.25, -0.2) is 0 Å². The number of esters is 2. The van der Waals surface area contributed by atoms with Crippen LogP contribution in [0.5, 0.6) is 11.5 Å². The highest BCUT2D eigenvalue weighted by atomic mass is 16.7. The molecule has 1 aliphatic heterocycles. The van der Waals surface area contributed by atoms with E-state index in [0.717, 1.165) is 5.56 Å². The fourth-order valence-electron chi connectivity index (χ4n) is 1.95. The minimum atomic E-state index is -0.972. The Morgan fingerprint density at radius 1 is 1.25 bits per heavy atom. The van der Waals surface area contributed by atoms with Gasteiger partial charge in [-0.15, -0.1) is 0 Å². The van der Waals surface area contributed by atoms with Crippen molar-refractivity contribution in [3.05, 3.63) is 23.8 Å². The van der Waals surface area contributed by atoms with E-state index in [2.05, 4.69) is 4.74 Å². The van der Waals surface area contributed by atoms with Gasteiger partial charge in [-0.1, -0.05) is 6.07 Å². The number of hydrogen-bond donors (Lipinski definition) is 0. The van der Waals surface area contributed by atoms with Gasteiger partial charge in [0.05, 0.1) is 13.7 Å². The maximum absolute atomic E-state index is 11.8. The van der Waals surface area contributed by atoms with Crippen molar-refractivity contribution in [3.8, 4) is 11.5 Å². The van der Waals surface area contributed by atoms with Crippen LogP contribution in [-0.2, 0) is 25.5 Å². The highest BCUT2D eigenvalue weighted by Crippen LogP contribution is 2.33. The molecule has 0 aromatic heterocycles. The third kappa shape index (κ3) is 3.01. The average molecular weight is 280 g/mol. The van der Waals surface area contributed by atoms with E-state index in [-0.39, 0.29) is 19.8 Å². The zero-order valence-electron chi connectivity index (χ0n) is 11.4. The molecule has 1 heterocycles. The van der Waals surface area contributed by atoms with Crippen LogP contribution >= 0.6 is 0 Å². The summed E-state index contributed by atoms with van der Waals surface area (Å²) in [5.41, 5.74) is 0.776. The van der Waals surface area contributed by atoms with Crippen LogP contribution in [0.4, 0.5) is 0 Å². The third-order valence-corrected chi connectivity index (χ3v) is 2.93. The summed E-state index contributed by atoms with van der Waals surface area (Å²) in [5, 5.41) is 0. The van der Waals surface area contributed by atoms with E-state index in [1.54, 1.807) is 25.1 Å². The first-order valence-electron chi connectivity index (χ1n) is 6.28. The van der Waals surface area contributed by atoms with E-state index < -0.39 is 17.9 Å². The molecule has 0 spiro atoms. The molecule has 1 atom stereocenters. The molecule has 0 bridgehead atoms. The first-order chi connectivity index (χ1) is 9.65. The van der Waals surface area contributed by atoms with E-state index in [1.807, 2.05) is 0 Å². The van der Waals surface area contributed by atoms with Gasteiger partial charge in [-0.3, -0.25) is 9.59 Å². The number of benzene rings is 1. The molecular formula is C14H16O6. The van der Waals surface area contributed by atoms with Crippen LogP contribution in [0.2, 0.25) is 0 Å². The van der Waals surface area contributed by atoms with Crippen LogP contribution in [-0.4, -0.2) is 32.4 Å². The van der Waals surface area contributed by atoms with Gasteiger partial charge < -0.3 is 18.9 Å². The predicted octanol–water partition coefficient (Wildman–Crippen LogP) is 1.31. The Hall–Kier alpha value is -2.24. The Kier molecular flexibility index (Phi) is 4.45. The Bertz CT molecular complexity index is 510. The summed E-state index contributed by atoms with van der Waals surface area (Å²) in [4.78, 5) is 23.5. The summed E-state index contributed by atoms with van der Waals surface area (Å²) in [7, 11) is 1.24. The Labute approximate surface area is 116 Å². The third-order valence-electron chi connectivity index (χ3n) is 2.93. The second kappa shape index (κ2) is 6.27. The molecule has 1 aliphatic rings. The highest BCUT2D eigenvalue weighted by Gasteiger charge is 2.29. The van der Waals surface area contributed by atoms with Crippen molar-refractivity contribution >= 4 is 11.9 Å². The van der Waals surface area contributed by atoms with Gasteiger partial charge in [0, 0.05) is 0 Å². The minimum Gasteiger partial charge on any atom is -0.468 e. The predicted molar refractivity (Wildman–Crippen MR) is 68.4 cm³/mol. The number of rotatable bonds is 5. The van der Waals surface area contributed by atoms with Gasteiger partial charge >= 0.3 is 11.9 Å². The lowest BCUT2D eigenvalue weighted by molar-refractivity contribution is -0.160. The van der Waals surface area contributed by atoms with Gasteiger partial charge in [0.1, 0.15) is 0 Å². The van der Waals surface area contributed by atoms with Crippen molar-refractivity contribution in [2.75, 3.05) is 20.5 Å². The first-order valence-corrected chi connectivity index (χ1v) is 6.28. The van der Waals surface area contributed by atoms with Crippen molar-refractivity contribution < 1.29 is 28.5 Å². The van der Waals surface area contributed by atoms with Crippen LogP contribution in [0.1, 0.15) is 12.5 Å². The quantitative estimate of drug-likeness (QED) is 0.598. The van der Waals surface area contributed by atoms with Gasteiger partial charge in [-0.05, 0) is 31.0 Å². The molecular weight excluding hydrogens is 264 g/mol. The van der Waals surface area contributed by atoms with E-state index >= 15 is 0 Å². The second-order valence-electron chi connectivity index (χ2n) is 4.22. The molecule has 0 saturated heterocycles. The molecule has 6 heteroatoms. The largest absolute Gasteiger partial charge is 0.468 e. The zero-order chi connectivity index (χ0) is 14.5. The molecule has 1 aromatic rings. The molecule has 2 rings (SSSR count). The Morgan fingerprint density at radius 2 is 2.00 bits per heavy atom. The number of ether oxygens (including phenoxy) is 4. The summed E-state index contributed by atoms with van der Waals surface area (Å²) in [5.74, 6) is -0.909. The van der Waals surface area contributed by atoms with E-state index in [0.29, 0.717) is 11.5 Å². The topological polar surface area (TPSA) is 71.1 Å². The lowest BCUT2D eigenvalue weighted by Crippen LogP contribution is -2.29. The number of hydrogen-bond acceptors (Lipinski definition) is 6. The van der Waals surface area contributed by atoms with Crippen LogP contribution < -0.4 is 9.47 Å². The second-order valence-corrected chi connectivity index (χ2v) is 4.22. The molecule has 20 heavy (non-hydrogen) atoms. The fraction of sp³-hybridized carbons (Fsp3) is 0.429. The van der Waals surface area contributed by atoms with Gasteiger partial charge in [0.25, 0.3) is 0 Å². The van der Waals surface area contributed by atoms with Crippen molar-refractivity contribution in [2.45, 2.75) is 13.3 Å². The molecule has 108 valence electrons. The fourth-order valence-corrected chi connectivity index (χ4v) is 1.95. The van der Waals surface area contributed by atoms with Crippen LogP contribution in [0, 0.1) is 5.92 Å². The Balaban J connectivity index is 2.14. The Morgan fingerprint density at radius 3 is 2.70 bits per heavy atom. The van der Waals surface area contributed by atoms with E-state index in [4.69, 9.17) is 14.2 Å². The smallest absolute Gasteiger partial charge is 0.320 e. The number of fused-ring (bicyclic) bond motifs is 1. The summed E-state index contributed by atoms with van der Waals surface area (Å²) < 4.78 is 20.0. The maximum atomic E-state index is 11.8. The molecule has 0 radical (unpaired) electrons. The minimum absolute atomic E-state index is 0.178. The maximum Gasteiger partial charge on any atom is 0.320 e. The summed E-state index contributed by atoms with van der Waals surface area (Å²) in [6, 6.07) is 5.28. The lowest BCUT2D eigenvalue weighted by atomic mass is 9.99. The normalized spacial score (nSPS) is 13.7. The molecule has 0 saturated carbocycles. The SMILES string of the molecule is CCOC(=O)C(Cc1ccc2c(c1)OCO2)C(=O)OC. The monoisotopic (exact) mass is 280 g/mol.